The van der Waals surface area contributed by atoms with Gasteiger partial charge < -0.3 is 16.6 Å². The third-order valence-electron chi connectivity index (χ3n) is 2.45. The van der Waals surface area contributed by atoms with Gasteiger partial charge in [-0.1, -0.05) is 12.1 Å². The largest absolute Gasteiger partial charge is 0.399 e. The first kappa shape index (κ1) is 13.0. The van der Waals surface area contributed by atoms with Crippen molar-refractivity contribution in [1.82, 2.24) is 0 Å². The third-order valence-corrected chi connectivity index (χ3v) is 3.99. The number of hydrogen-bond donors (Lipinski definition) is 3. The van der Waals surface area contributed by atoms with Gasteiger partial charge >= 0.3 is 0 Å². The summed E-state index contributed by atoms with van der Waals surface area (Å²) in [5.74, 6) is 0. The van der Waals surface area contributed by atoms with Crippen LogP contribution in [0.5, 0.6) is 0 Å². The van der Waals surface area contributed by atoms with Crippen molar-refractivity contribution in [1.29, 1.82) is 0 Å². The summed E-state index contributed by atoms with van der Waals surface area (Å²) in [6.45, 7) is -0.496. The van der Waals surface area contributed by atoms with Gasteiger partial charge in [0.1, 0.15) is 5.25 Å². The summed E-state index contributed by atoms with van der Waals surface area (Å²) in [5.41, 5.74) is 12.5. The smallest absolute Gasteiger partial charge is 0.154 e. The van der Waals surface area contributed by atoms with Crippen LogP contribution in [0.1, 0.15) is 11.6 Å². The SMILES string of the molecule is CS(=O)(=O)[C@H](CO)[C@@H](N)c1ccc(N)cc1. The van der Waals surface area contributed by atoms with E-state index in [2.05, 4.69) is 0 Å². The highest BCUT2D eigenvalue weighted by Gasteiger charge is 2.27. The Morgan fingerprint density at radius 1 is 1.31 bits per heavy atom. The minimum absolute atomic E-state index is 0.496. The Morgan fingerprint density at radius 3 is 2.19 bits per heavy atom. The van der Waals surface area contributed by atoms with Gasteiger partial charge in [-0.05, 0) is 17.7 Å². The van der Waals surface area contributed by atoms with Gasteiger partial charge in [-0.25, -0.2) is 8.42 Å². The monoisotopic (exact) mass is 244 g/mol. The fourth-order valence-electron chi connectivity index (χ4n) is 1.45. The second-order valence-corrected chi connectivity index (χ2v) is 6.01. The van der Waals surface area contributed by atoms with E-state index in [4.69, 9.17) is 16.6 Å². The molecule has 5 nitrogen and oxygen atoms in total. The molecule has 16 heavy (non-hydrogen) atoms. The molecule has 0 heterocycles. The molecule has 90 valence electrons. The summed E-state index contributed by atoms with van der Waals surface area (Å²) in [5, 5.41) is 8.07. The molecule has 0 bridgehead atoms. The zero-order valence-corrected chi connectivity index (χ0v) is 9.81. The minimum Gasteiger partial charge on any atom is -0.399 e. The summed E-state index contributed by atoms with van der Waals surface area (Å²) < 4.78 is 22.8. The molecular weight excluding hydrogens is 228 g/mol. The summed E-state index contributed by atoms with van der Waals surface area (Å²) in [6, 6.07) is 5.86. The van der Waals surface area contributed by atoms with Gasteiger partial charge in [0.2, 0.25) is 0 Å². The predicted octanol–water partition coefficient (Wildman–Crippen LogP) is -0.326. The highest BCUT2D eigenvalue weighted by Crippen LogP contribution is 2.20. The Hall–Kier alpha value is -1.11. The highest BCUT2D eigenvalue weighted by atomic mass is 32.2. The molecule has 0 aromatic heterocycles. The number of benzene rings is 1. The van der Waals surface area contributed by atoms with Crippen molar-refractivity contribution in [3.8, 4) is 0 Å². The molecular formula is C10H16N2O3S. The van der Waals surface area contributed by atoms with E-state index in [-0.39, 0.29) is 0 Å². The molecule has 0 unspecified atom stereocenters. The molecule has 0 spiro atoms. The van der Waals surface area contributed by atoms with E-state index < -0.39 is 27.7 Å². The highest BCUT2D eigenvalue weighted by molar-refractivity contribution is 7.91. The van der Waals surface area contributed by atoms with Crippen molar-refractivity contribution in [2.45, 2.75) is 11.3 Å². The van der Waals surface area contributed by atoms with Gasteiger partial charge in [0.15, 0.2) is 9.84 Å². The van der Waals surface area contributed by atoms with Crippen molar-refractivity contribution in [3.05, 3.63) is 29.8 Å². The molecule has 0 amide bonds. The summed E-state index contributed by atoms with van der Waals surface area (Å²) in [6.07, 6.45) is 1.06. The maximum Gasteiger partial charge on any atom is 0.154 e. The maximum atomic E-state index is 11.4. The number of nitrogens with two attached hydrogens (primary N) is 2. The predicted molar refractivity (Wildman–Crippen MR) is 63.5 cm³/mol. The Kier molecular flexibility index (Phi) is 3.90. The molecule has 0 saturated heterocycles. The van der Waals surface area contributed by atoms with Crippen molar-refractivity contribution in [2.75, 3.05) is 18.6 Å². The van der Waals surface area contributed by atoms with Crippen LogP contribution in [-0.4, -0.2) is 31.6 Å². The first-order chi connectivity index (χ1) is 7.36. The standard InChI is InChI=1S/C10H16N2O3S/c1-16(14,15)9(6-13)10(12)7-2-4-8(11)5-3-7/h2-5,9-10,13H,6,11-12H2,1H3/t9-,10+/m1/s1. The first-order valence-electron chi connectivity index (χ1n) is 4.77. The van der Waals surface area contributed by atoms with E-state index in [9.17, 15) is 8.42 Å². The van der Waals surface area contributed by atoms with E-state index >= 15 is 0 Å². The van der Waals surface area contributed by atoms with Crippen molar-refractivity contribution in [3.63, 3.8) is 0 Å². The zero-order chi connectivity index (χ0) is 12.3. The second-order valence-electron chi connectivity index (χ2n) is 3.74. The van der Waals surface area contributed by atoms with E-state index in [0.717, 1.165) is 6.26 Å². The lowest BCUT2D eigenvalue weighted by atomic mass is 10.0. The van der Waals surface area contributed by atoms with Gasteiger partial charge in [-0.2, -0.15) is 0 Å². The number of rotatable bonds is 4. The van der Waals surface area contributed by atoms with Gasteiger partial charge in [-0.3, -0.25) is 0 Å². The Bertz CT molecular complexity index is 442. The van der Waals surface area contributed by atoms with E-state index in [1.807, 2.05) is 0 Å². The topological polar surface area (TPSA) is 106 Å². The van der Waals surface area contributed by atoms with Crippen LogP contribution >= 0.6 is 0 Å². The third kappa shape index (κ3) is 2.94. The minimum atomic E-state index is -3.38. The molecule has 1 aromatic rings. The summed E-state index contributed by atoms with van der Waals surface area (Å²) in [4.78, 5) is 0. The zero-order valence-electron chi connectivity index (χ0n) is 9.00. The number of sulfone groups is 1. The maximum absolute atomic E-state index is 11.4. The van der Waals surface area contributed by atoms with Gasteiger partial charge in [0.25, 0.3) is 0 Å². The van der Waals surface area contributed by atoms with Crippen molar-refractivity contribution in [2.24, 2.45) is 5.73 Å². The first-order valence-corrected chi connectivity index (χ1v) is 6.72. The normalized spacial score (nSPS) is 15.7. The molecule has 0 radical (unpaired) electrons. The van der Waals surface area contributed by atoms with Crippen LogP contribution < -0.4 is 11.5 Å². The number of anilines is 1. The Morgan fingerprint density at radius 2 is 1.81 bits per heavy atom. The Labute approximate surface area is 95.0 Å². The fourth-order valence-corrected chi connectivity index (χ4v) is 2.41. The average molecular weight is 244 g/mol. The number of aliphatic hydroxyl groups is 1. The van der Waals surface area contributed by atoms with Crippen molar-refractivity contribution >= 4 is 15.5 Å². The Balaban J connectivity index is 3.00. The average Bonchev–Trinajstić information content (AvgIpc) is 2.17. The van der Waals surface area contributed by atoms with E-state index in [0.29, 0.717) is 11.3 Å². The van der Waals surface area contributed by atoms with E-state index in [1.165, 1.54) is 0 Å². The number of nitrogen functional groups attached to an aromatic ring is 1. The lowest BCUT2D eigenvalue weighted by Crippen LogP contribution is -2.36. The lowest BCUT2D eigenvalue weighted by molar-refractivity contribution is 0.278. The lowest BCUT2D eigenvalue weighted by Gasteiger charge is -2.20. The van der Waals surface area contributed by atoms with Crippen LogP contribution in [0.3, 0.4) is 0 Å². The van der Waals surface area contributed by atoms with Crippen LogP contribution in [0.4, 0.5) is 5.69 Å². The van der Waals surface area contributed by atoms with Crippen LogP contribution in [0.2, 0.25) is 0 Å². The summed E-state index contributed by atoms with van der Waals surface area (Å²) in [7, 11) is -3.38. The fraction of sp³-hybridized carbons (Fsp3) is 0.400. The van der Waals surface area contributed by atoms with Crippen molar-refractivity contribution < 1.29 is 13.5 Å². The van der Waals surface area contributed by atoms with Crippen LogP contribution in [0.25, 0.3) is 0 Å². The number of hydrogen-bond acceptors (Lipinski definition) is 5. The molecule has 0 fully saturated rings. The molecule has 1 rings (SSSR count). The van der Waals surface area contributed by atoms with E-state index in [1.54, 1.807) is 24.3 Å². The molecule has 1 aromatic carbocycles. The summed E-state index contributed by atoms with van der Waals surface area (Å²) >= 11 is 0. The van der Waals surface area contributed by atoms with Gasteiger partial charge in [0.05, 0.1) is 6.61 Å². The molecule has 0 aliphatic carbocycles. The molecule has 5 N–H and O–H groups in total. The molecule has 0 aliphatic heterocycles. The molecule has 0 aliphatic rings. The molecule has 6 heteroatoms. The van der Waals surface area contributed by atoms with Crippen LogP contribution in [0.15, 0.2) is 24.3 Å². The van der Waals surface area contributed by atoms with Crippen LogP contribution in [-0.2, 0) is 9.84 Å². The van der Waals surface area contributed by atoms with Gasteiger partial charge in [0, 0.05) is 18.0 Å². The second kappa shape index (κ2) is 4.82. The molecule has 2 atom stereocenters. The van der Waals surface area contributed by atoms with Crippen LogP contribution in [0, 0.1) is 0 Å². The molecule has 0 saturated carbocycles. The van der Waals surface area contributed by atoms with Gasteiger partial charge in [-0.15, -0.1) is 0 Å². The number of aliphatic hydroxyl groups excluding tert-OH is 1. The quantitative estimate of drug-likeness (QED) is 0.629.